The van der Waals surface area contributed by atoms with Gasteiger partial charge in [0.2, 0.25) is 5.91 Å². The summed E-state index contributed by atoms with van der Waals surface area (Å²) in [5, 5.41) is 2.93. The van der Waals surface area contributed by atoms with Crippen molar-refractivity contribution in [1.29, 1.82) is 0 Å². The van der Waals surface area contributed by atoms with Crippen LogP contribution in [0.5, 0.6) is 11.5 Å². The lowest BCUT2D eigenvalue weighted by Gasteiger charge is -2.29. The molecule has 0 radical (unpaired) electrons. The SMILES string of the molecule is O=C(NCc1cccc2c1OCCO2)C1(c2cccc(C(F)(F)F)c2)CCCC1. The summed E-state index contributed by atoms with van der Waals surface area (Å²) in [5.74, 6) is 0.999. The zero-order chi connectivity index (χ0) is 20.5. The van der Waals surface area contributed by atoms with Gasteiger partial charge in [-0.3, -0.25) is 4.79 Å². The van der Waals surface area contributed by atoms with E-state index in [1.54, 1.807) is 12.1 Å². The van der Waals surface area contributed by atoms with Crippen LogP contribution in [0.4, 0.5) is 13.2 Å². The Bertz CT molecular complexity index is 904. The molecule has 2 aromatic carbocycles. The molecule has 0 bridgehead atoms. The highest BCUT2D eigenvalue weighted by atomic mass is 19.4. The minimum absolute atomic E-state index is 0.228. The highest BCUT2D eigenvalue weighted by molar-refractivity contribution is 5.88. The minimum atomic E-state index is -4.44. The normalized spacial score (nSPS) is 17.8. The molecule has 1 amide bonds. The number of amides is 1. The van der Waals surface area contributed by atoms with Crippen LogP contribution in [0.2, 0.25) is 0 Å². The lowest BCUT2D eigenvalue weighted by Crippen LogP contribution is -2.42. The summed E-state index contributed by atoms with van der Waals surface area (Å²) in [6.07, 6.45) is -1.76. The Kier molecular flexibility index (Phi) is 5.15. The number of carbonyl (C=O) groups is 1. The van der Waals surface area contributed by atoms with Crippen LogP contribution in [-0.4, -0.2) is 19.1 Å². The lowest BCUT2D eigenvalue weighted by molar-refractivity contribution is -0.138. The van der Waals surface area contributed by atoms with Gasteiger partial charge in [0.15, 0.2) is 11.5 Å². The maximum absolute atomic E-state index is 13.2. The Morgan fingerprint density at radius 2 is 1.76 bits per heavy atom. The number of alkyl halides is 3. The van der Waals surface area contributed by atoms with Crippen LogP contribution in [0.25, 0.3) is 0 Å². The maximum Gasteiger partial charge on any atom is 0.416 e. The molecule has 1 fully saturated rings. The van der Waals surface area contributed by atoms with Crippen LogP contribution in [0.15, 0.2) is 42.5 Å². The zero-order valence-electron chi connectivity index (χ0n) is 15.8. The average molecular weight is 405 g/mol. The second kappa shape index (κ2) is 7.61. The second-order valence-electron chi connectivity index (χ2n) is 7.49. The van der Waals surface area contributed by atoms with Gasteiger partial charge in [0.25, 0.3) is 0 Å². The number of nitrogens with one attached hydrogen (secondary N) is 1. The van der Waals surface area contributed by atoms with Gasteiger partial charge in [0.1, 0.15) is 13.2 Å². The predicted octanol–water partition coefficient (Wildman–Crippen LogP) is 4.60. The first-order valence-electron chi connectivity index (χ1n) is 9.74. The average Bonchev–Trinajstić information content (AvgIpc) is 3.23. The van der Waals surface area contributed by atoms with Gasteiger partial charge in [0.05, 0.1) is 11.0 Å². The van der Waals surface area contributed by atoms with Gasteiger partial charge in [-0.1, -0.05) is 43.2 Å². The summed E-state index contributed by atoms with van der Waals surface area (Å²) >= 11 is 0. The molecule has 7 heteroatoms. The van der Waals surface area contributed by atoms with Crippen molar-refractivity contribution in [2.45, 2.75) is 43.8 Å². The molecular formula is C22H22F3NO3. The topological polar surface area (TPSA) is 47.6 Å². The summed E-state index contributed by atoms with van der Waals surface area (Å²) in [6.45, 7) is 1.14. The molecule has 1 aliphatic heterocycles. The highest BCUT2D eigenvalue weighted by Gasteiger charge is 2.43. The Labute approximate surface area is 167 Å². The number of hydrogen-bond acceptors (Lipinski definition) is 3. The summed E-state index contributed by atoms with van der Waals surface area (Å²) in [5.41, 5.74) is -0.450. The molecule has 4 nitrogen and oxygen atoms in total. The number of fused-ring (bicyclic) bond motifs is 1. The van der Waals surface area contributed by atoms with Gasteiger partial charge < -0.3 is 14.8 Å². The van der Waals surface area contributed by atoms with Crippen molar-refractivity contribution in [3.05, 3.63) is 59.2 Å². The number of carbonyl (C=O) groups excluding carboxylic acids is 1. The van der Waals surface area contributed by atoms with E-state index in [2.05, 4.69) is 5.32 Å². The van der Waals surface area contributed by atoms with Crippen molar-refractivity contribution < 1.29 is 27.4 Å². The van der Waals surface area contributed by atoms with Gasteiger partial charge in [-0.15, -0.1) is 0 Å². The number of halogens is 3. The first-order chi connectivity index (χ1) is 13.9. The Balaban J connectivity index is 1.58. The molecule has 1 aliphatic carbocycles. The molecule has 0 saturated heterocycles. The van der Waals surface area contributed by atoms with Gasteiger partial charge >= 0.3 is 6.18 Å². The van der Waals surface area contributed by atoms with E-state index in [-0.39, 0.29) is 12.5 Å². The molecule has 4 rings (SSSR count). The number of ether oxygens (including phenoxy) is 2. The first kappa shape index (κ1) is 19.6. The fourth-order valence-corrected chi connectivity index (χ4v) is 4.24. The van der Waals surface area contributed by atoms with Crippen LogP contribution >= 0.6 is 0 Å². The standard InChI is InChI=1S/C22H22F3NO3/c23-22(24,25)17-7-4-6-16(13-17)21(9-1-2-10-21)20(27)26-14-15-5-3-8-18-19(15)29-12-11-28-18/h3-8,13H,1-2,9-12,14H2,(H,26,27). The third kappa shape index (κ3) is 3.78. The van der Waals surface area contributed by atoms with Gasteiger partial charge in [-0.2, -0.15) is 13.2 Å². The number of rotatable bonds is 4. The van der Waals surface area contributed by atoms with Crippen molar-refractivity contribution >= 4 is 5.91 Å². The highest BCUT2D eigenvalue weighted by Crippen LogP contribution is 2.43. The molecule has 2 aromatic rings. The summed E-state index contributed by atoms with van der Waals surface area (Å²) in [4.78, 5) is 13.2. The smallest absolute Gasteiger partial charge is 0.416 e. The van der Waals surface area contributed by atoms with E-state index in [0.717, 1.165) is 30.5 Å². The molecule has 1 N–H and O–H groups in total. The van der Waals surface area contributed by atoms with Crippen molar-refractivity contribution in [1.82, 2.24) is 5.32 Å². The van der Waals surface area contributed by atoms with E-state index < -0.39 is 17.2 Å². The van der Waals surface area contributed by atoms with Crippen molar-refractivity contribution in [2.24, 2.45) is 0 Å². The van der Waals surface area contributed by atoms with Gasteiger partial charge in [0, 0.05) is 12.1 Å². The van der Waals surface area contributed by atoms with Crippen LogP contribution < -0.4 is 14.8 Å². The maximum atomic E-state index is 13.2. The fourth-order valence-electron chi connectivity index (χ4n) is 4.24. The zero-order valence-corrected chi connectivity index (χ0v) is 15.8. The molecule has 29 heavy (non-hydrogen) atoms. The fraction of sp³-hybridized carbons (Fsp3) is 0.409. The third-order valence-electron chi connectivity index (χ3n) is 5.72. The quantitative estimate of drug-likeness (QED) is 0.809. The molecule has 154 valence electrons. The van der Waals surface area contributed by atoms with E-state index in [0.29, 0.717) is 43.1 Å². The monoisotopic (exact) mass is 405 g/mol. The van der Waals surface area contributed by atoms with Crippen LogP contribution in [0.3, 0.4) is 0 Å². The molecule has 2 aliphatic rings. The van der Waals surface area contributed by atoms with Gasteiger partial charge in [-0.05, 0) is 30.5 Å². The minimum Gasteiger partial charge on any atom is -0.486 e. The molecule has 0 atom stereocenters. The van der Waals surface area contributed by atoms with Crippen LogP contribution in [0.1, 0.15) is 42.4 Å². The summed E-state index contributed by atoms with van der Waals surface area (Å²) in [6, 6.07) is 10.6. The van der Waals surface area contributed by atoms with Crippen LogP contribution in [-0.2, 0) is 22.9 Å². The Hall–Kier alpha value is -2.70. The molecular weight excluding hydrogens is 383 g/mol. The second-order valence-corrected chi connectivity index (χ2v) is 7.49. The van der Waals surface area contributed by atoms with Gasteiger partial charge in [-0.25, -0.2) is 0 Å². The number of benzene rings is 2. The first-order valence-corrected chi connectivity index (χ1v) is 9.74. The molecule has 1 heterocycles. The van der Waals surface area contributed by atoms with E-state index in [4.69, 9.17) is 9.47 Å². The number of para-hydroxylation sites is 1. The van der Waals surface area contributed by atoms with E-state index in [9.17, 15) is 18.0 Å². The molecule has 0 spiro atoms. The van der Waals surface area contributed by atoms with Crippen molar-refractivity contribution in [2.75, 3.05) is 13.2 Å². The van der Waals surface area contributed by atoms with E-state index in [1.165, 1.54) is 6.07 Å². The molecule has 0 unspecified atom stereocenters. The van der Waals surface area contributed by atoms with Crippen molar-refractivity contribution in [3.63, 3.8) is 0 Å². The third-order valence-corrected chi connectivity index (χ3v) is 5.72. The Morgan fingerprint density at radius 1 is 1.03 bits per heavy atom. The molecule has 1 saturated carbocycles. The lowest BCUT2D eigenvalue weighted by atomic mass is 9.77. The largest absolute Gasteiger partial charge is 0.486 e. The van der Waals surface area contributed by atoms with Crippen LogP contribution in [0, 0.1) is 0 Å². The Morgan fingerprint density at radius 3 is 2.52 bits per heavy atom. The van der Waals surface area contributed by atoms with Crippen molar-refractivity contribution in [3.8, 4) is 11.5 Å². The molecule has 0 aromatic heterocycles. The predicted molar refractivity (Wildman–Crippen MR) is 101 cm³/mol. The van der Waals surface area contributed by atoms with E-state index in [1.807, 2.05) is 12.1 Å². The summed E-state index contributed by atoms with van der Waals surface area (Å²) in [7, 11) is 0. The number of hydrogen-bond donors (Lipinski definition) is 1. The van der Waals surface area contributed by atoms with E-state index >= 15 is 0 Å². The summed E-state index contributed by atoms with van der Waals surface area (Å²) < 4.78 is 50.8.